The molecule has 2 N–H and O–H groups in total. The van der Waals surface area contributed by atoms with Gasteiger partial charge in [-0.15, -0.1) is 0 Å². The summed E-state index contributed by atoms with van der Waals surface area (Å²) in [6, 6.07) is 1.99. The molecule has 0 spiro atoms. The Bertz CT molecular complexity index is 440. The van der Waals surface area contributed by atoms with Gasteiger partial charge in [0.15, 0.2) is 5.82 Å². The van der Waals surface area contributed by atoms with Crippen LogP contribution in [0.15, 0.2) is 6.07 Å². The fraction of sp³-hybridized carbons (Fsp3) is 0.750. The summed E-state index contributed by atoms with van der Waals surface area (Å²) >= 11 is 0. The number of rotatable bonds is 9. The van der Waals surface area contributed by atoms with Crippen LogP contribution in [-0.2, 0) is 11.3 Å². The third-order valence-corrected chi connectivity index (χ3v) is 4.37. The lowest BCUT2D eigenvalue weighted by molar-refractivity contribution is 0.128. The third-order valence-electron chi connectivity index (χ3n) is 4.37. The Hall–Kier alpha value is -1.36. The number of nitrogens with zero attached hydrogens (tertiary/aromatic N) is 2. The van der Waals surface area contributed by atoms with E-state index in [1.54, 1.807) is 0 Å². The van der Waals surface area contributed by atoms with Gasteiger partial charge in [-0.1, -0.05) is 13.3 Å². The van der Waals surface area contributed by atoms with Crippen molar-refractivity contribution in [3.05, 3.63) is 11.9 Å². The quantitative estimate of drug-likeness (QED) is 0.730. The highest BCUT2D eigenvalue weighted by atomic mass is 16.5. The SMILES string of the molecule is CCNc1cc(NCC2(CC)CCC2)nc(COCC)n1. The van der Waals surface area contributed by atoms with E-state index in [2.05, 4.69) is 34.4 Å². The maximum Gasteiger partial charge on any atom is 0.158 e. The molecule has 0 bridgehead atoms. The number of hydrogen-bond donors (Lipinski definition) is 2. The van der Waals surface area contributed by atoms with Crippen molar-refractivity contribution in [3.63, 3.8) is 0 Å². The molecule has 1 aliphatic rings. The molecular weight excluding hydrogens is 264 g/mol. The van der Waals surface area contributed by atoms with E-state index in [1.807, 2.05) is 13.0 Å². The molecule has 21 heavy (non-hydrogen) atoms. The summed E-state index contributed by atoms with van der Waals surface area (Å²) in [5.74, 6) is 2.50. The molecular formula is C16H28N4O. The van der Waals surface area contributed by atoms with Crippen molar-refractivity contribution in [1.82, 2.24) is 9.97 Å². The standard InChI is InChI=1S/C16H28N4O/c1-4-16(8-7-9-16)12-18-14-10-13(17-5-2)19-15(20-14)11-21-6-3/h10H,4-9,11-12H2,1-3H3,(H2,17,18,19,20). The maximum atomic E-state index is 5.43. The Balaban J connectivity index is 2.03. The van der Waals surface area contributed by atoms with Gasteiger partial charge in [0, 0.05) is 25.8 Å². The van der Waals surface area contributed by atoms with Crippen LogP contribution in [0.5, 0.6) is 0 Å². The molecule has 1 saturated carbocycles. The van der Waals surface area contributed by atoms with Crippen molar-refractivity contribution >= 4 is 11.6 Å². The van der Waals surface area contributed by atoms with Crippen LogP contribution in [0.3, 0.4) is 0 Å². The van der Waals surface area contributed by atoms with E-state index in [4.69, 9.17) is 4.74 Å². The predicted octanol–water partition coefficient (Wildman–Crippen LogP) is 3.44. The van der Waals surface area contributed by atoms with E-state index < -0.39 is 0 Å². The number of anilines is 2. The molecule has 1 heterocycles. The van der Waals surface area contributed by atoms with Crippen LogP contribution in [0.25, 0.3) is 0 Å². The van der Waals surface area contributed by atoms with Gasteiger partial charge < -0.3 is 15.4 Å². The molecule has 1 aliphatic carbocycles. The second kappa shape index (κ2) is 7.59. The molecule has 2 rings (SSSR count). The molecule has 0 aliphatic heterocycles. The number of hydrogen-bond acceptors (Lipinski definition) is 5. The Kier molecular flexibility index (Phi) is 5.79. The highest BCUT2D eigenvalue weighted by Gasteiger charge is 2.34. The molecule has 0 radical (unpaired) electrons. The van der Waals surface area contributed by atoms with Gasteiger partial charge in [0.25, 0.3) is 0 Å². The number of aromatic nitrogens is 2. The topological polar surface area (TPSA) is 59.1 Å². The van der Waals surface area contributed by atoms with E-state index in [1.165, 1.54) is 25.7 Å². The van der Waals surface area contributed by atoms with Gasteiger partial charge in [-0.25, -0.2) is 9.97 Å². The molecule has 1 aromatic rings. The van der Waals surface area contributed by atoms with E-state index in [9.17, 15) is 0 Å². The van der Waals surface area contributed by atoms with Crippen molar-refractivity contribution in [1.29, 1.82) is 0 Å². The van der Waals surface area contributed by atoms with E-state index in [0.29, 0.717) is 18.6 Å². The van der Waals surface area contributed by atoms with Crippen LogP contribution in [0.2, 0.25) is 0 Å². The molecule has 0 amide bonds. The normalized spacial score (nSPS) is 16.3. The van der Waals surface area contributed by atoms with Crippen LogP contribution < -0.4 is 10.6 Å². The smallest absolute Gasteiger partial charge is 0.158 e. The molecule has 5 nitrogen and oxygen atoms in total. The first-order valence-corrected chi connectivity index (χ1v) is 8.15. The molecule has 0 saturated heterocycles. The number of nitrogens with one attached hydrogen (secondary N) is 2. The first-order valence-electron chi connectivity index (χ1n) is 8.15. The summed E-state index contributed by atoms with van der Waals surface area (Å²) in [6.45, 7) is 9.32. The van der Waals surface area contributed by atoms with Crippen molar-refractivity contribution in [2.45, 2.75) is 53.1 Å². The fourth-order valence-electron chi connectivity index (χ4n) is 2.73. The van der Waals surface area contributed by atoms with Crippen LogP contribution in [0, 0.1) is 5.41 Å². The molecule has 1 aromatic heterocycles. The molecule has 5 heteroatoms. The van der Waals surface area contributed by atoms with Crippen molar-refractivity contribution < 1.29 is 4.74 Å². The zero-order chi connectivity index (χ0) is 15.1. The lowest BCUT2D eigenvalue weighted by atomic mass is 9.67. The van der Waals surface area contributed by atoms with Gasteiger partial charge in [0.2, 0.25) is 0 Å². The molecule has 118 valence electrons. The minimum Gasteiger partial charge on any atom is -0.374 e. The van der Waals surface area contributed by atoms with E-state index in [0.717, 1.165) is 30.5 Å². The largest absolute Gasteiger partial charge is 0.374 e. The van der Waals surface area contributed by atoms with Gasteiger partial charge in [-0.3, -0.25) is 0 Å². The minimum absolute atomic E-state index is 0.462. The second-order valence-corrected chi connectivity index (χ2v) is 5.78. The van der Waals surface area contributed by atoms with Crippen LogP contribution >= 0.6 is 0 Å². The predicted molar refractivity (Wildman–Crippen MR) is 86.6 cm³/mol. The first-order chi connectivity index (χ1) is 10.2. The Morgan fingerprint density at radius 2 is 1.86 bits per heavy atom. The zero-order valence-corrected chi connectivity index (χ0v) is 13.5. The molecule has 0 atom stereocenters. The first kappa shape index (κ1) is 16.0. The van der Waals surface area contributed by atoms with E-state index in [-0.39, 0.29) is 0 Å². The number of ether oxygens (including phenoxy) is 1. The highest BCUT2D eigenvalue weighted by molar-refractivity contribution is 5.47. The second-order valence-electron chi connectivity index (χ2n) is 5.78. The van der Waals surface area contributed by atoms with Crippen LogP contribution in [0.1, 0.15) is 52.3 Å². The summed E-state index contributed by atoms with van der Waals surface area (Å²) in [6.07, 6.45) is 5.25. The lowest BCUT2D eigenvalue weighted by Gasteiger charge is -2.41. The fourth-order valence-corrected chi connectivity index (χ4v) is 2.73. The van der Waals surface area contributed by atoms with Crippen LogP contribution in [0.4, 0.5) is 11.6 Å². The maximum absolute atomic E-state index is 5.43. The van der Waals surface area contributed by atoms with Gasteiger partial charge in [0.1, 0.15) is 18.2 Å². The monoisotopic (exact) mass is 292 g/mol. The zero-order valence-electron chi connectivity index (χ0n) is 13.5. The average molecular weight is 292 g/mol. The lowest BCUT2D eigenvalue weighted by Crippen LogP contribution is -2.36. The van der Waals surface area contributed by atoms with Gasteiger partial charge >= 0.3 is 0 Å². The van der Waals surface area contributed by atoms with Crippen molar-refractivity contribution in [3.8, 4) is 0 Å². The van der Waals surface area contributed by atoms with Gasteiger partial charge in [0.05, 0.1) is 0 Å². The highest BCUT2D eigenvalue weighted by Crippen LogP contribution is 2.43. The summed E-state index contributed by atoms with van der Waals surface area (Å²) in [5.41, 5.74) is 0.476. The summed E-state index contributed by atoms with van der Waals surface area (Å²) in [5, 5.41) is 6.76. The Morgan fingerprint density at radius 1 is 1.14 bits per heavy atom. The van der Waals surface area contributed by atoms with Gasteiger partial charge in [-0.2, -0.15) is 0 Å². The summed E-state index contributed by atoms with van der Waals surface area (Å²) < 4.78 is 5.43. The molecule has 0 aromatic carbocycles. The van der Waals surface area contributed by atoms with Crippen molar-refractivity contribution in [2.75, 3.05) is 30.3 Å². The molecule has 1 fully saturated rings. The molecule has 0 unspecified atom stereocenters. The summed E-state index contributed by atoms with van der Waals surface area (Å²) in [4.78, 5) is 9.03. The van der Waals surface area contributed by atoms with Gasteiger partial charge in [-0.05, 0) is 38.5 Å². The van der Waals surface area contributed by atoms with Crippen LogP contribution in [-0.4, -0.2) is 29.7 Å². The Labute approximate surface area is 127 Å². The minimum atomic E-state index is 0.462. The average Bonchev–Trinajstić information content (AvgIpc) is 2.45. The summed E-state index contributed by atoms with van der Waals surface area (Å²) in [7, 11) is 0. The third kappa shape index (κ3) is 4.30. The van der Waals surface area contributed by atoms with E-state index >= 15 is 0 Å². The van der Waals surface area contributed by atoms with Crippen molar-refractivity contribution in [2.24, 2.45) is 5.41 Å². The Morgan fingerprint density at radius 3 is 2.38 bits per heavy atom.